The average molecular weight is 182 g/mol. The molecule has 0 aromatic carbocycles. The molecule has 13 heavy (non-hydrogen) atoms. The Kier molecular flexibility index (Phi) is 2.06. The summed E-state index contributed by atoms with van der Waals surface area (Å²) in [7, 11) is 0. The number of nitrogens with zero attached hydrogens (tertiary/aromatic N) is 1. The van der Waals surface area contributed by atoms with Crippen molar-refractivity contribution >= 4 is 5.91 Å². The number of piperidine rings is 1. The molecule has 2 rings (SSSR count). The highest BCUT2D eigenvalue weighted by molar-refractivity contribution is 5.82. The fourth-order valence-corrected chi connectivity index (χ4v) is 2.45. The molecule has 3 nitrogen and oxygen atoms in total. The maximum atomic E-state index is 11.6. The van der Waals surface area contributed by atoms with Crippen LogP contribution < -0.4 is 5.32 Å². The summed E-state index contributed by atoms with van der Waals surface area (Å²) < 4.78 is 0. The Morgan fingerprint density at radius 2 is 2.23 bits per heavy atom. The minimum Gasteiger partial charge on any atom is -0.353 e. The number of rotatable bonds is 0. The summed E-state index contributed by atoms with van der Waals surface area (Å²) in [4.78, 5) is 13.9. The summed E-state index contributed by atoms with van der Waals surface area (Å²) >= 11 is 0. The van der Waals surface area contributed by atoms with Crippen LogP contribution in [0.1, 0.15) is 33.1 Å². The zero-order valence-electron chi connectivity index (χ0n) is 8.47. The van der Waals surface area contributed by atoms with E-state index in [1.165, 1.54) is 12.8 Å². The van der Waals surface area contributed by atoms with Gasteiger partial charge in [-0.3, -0.25) is 9.69 Å². The number of fused-ring (bicyclic) bond motifs is 1. The molecule has 1 atom stereocenters. The van der Waals surface area contributed by atoms with Crippen LogP contribution in [0.2, 0.25) is 0 Å². The van der Waals surface area contributed by atoms with Crippen molar-refractivity contribution in [2.45, 2.75) is 44.7 Å². The van der Waals surface area contributed by atoms with Crippen molar-refractivity contribution in [2.24, 2.45) is 0 Å². The van der Waals surface area contributed by atoms with E-state index >= 15 is 0 Å². The maximum Gasteiger partial charge on any atom is 0.237 e. The van der Waals surface area contributed by atoms with Crippen LogP contribution >= 0.6 is 0 Å². The molecule has 2 saturated heterocycles. The first-order chi connectivity index (χ1) is 6.11. The summed E-state index contributed by atoms with van der Waals surface area (Å²) in [6.07, 6.45) is 3.48. The second-order valence-electron chi connectivity index (χ2n) is 4.74. The van der Waals surface area contributed by atoms with Crippen molar-refractivity contribution in [3.05, 3.63) is 0 Å². The third-order valence-corrected chi connectivity index (χ3v) is 3.28. The number of carbonyl (C=O) groups excluding carboxylic acids is 1. The topological polar surface area (TPSA) is 32.3 Å². The van der Waals surface area contributed by atoms with E-state index < -0.39 is 0 Å². The molecule has 0 bridgehead atoms. The highest BCUT2D eigenvalue weighted by atomic mass is 16.2. The van der Waals surface area contributed by atoms with Gasteiger partial charge < -0.3 is 5.32 Å². The Bertz CT molecular complexity index is 225. The van der Waals surface area contributed by atoms with Crippen molar-refractivity contribution in [1.82, 2.24) is 10.2 Å². The Balaban J connectivity index is 2.19. The molecular weight excluding hydrogens is 164 g/mol. The van der Waals surface area contributed by atoms with Gasteiger partial charge in [0.1, 0.15) is 0 Å². The second-order valence-corrected chi connectivity index (χ2v) is 4.74. The van der Waals surface area contributed by atoms with Crippen LogP contribution in [-0.4, -0.2) is 35.5 Å². The fourth-order valence-electron chi connectivity index (χ4n) is 2.45. The lowest BCUT2D eigenvalue weighted by Crippen LogP contribution is -2.66. The predicted molar refractivity (Wildman–Crippen MR) is 51.4 cm³/mol. The van der Waals surface area contributed by atoms with Crippen LogP contribution in [0.25, 0.3) is 0 Å². The van der Waals surface area contributed by atoms with Gasteiger partial charge in [0.05, 0.1) is 6.04 Å². The van der Waals surface area contributed by atoms with E-state index in [2.05, 4.69) is 24.1 Å². The molecule has 2 aliphatic heterocycles. The normalized spacial score (nSPS) is 33.7. The minimum absolute atomic E-state index is 0.150. The quantitative estimate of drug-likeness (QED) is 0.599. The average Bonchev–Trinajstić information content (AvgIpc) is 2.13. The number of hydrogen-bond donors (Lipinski definition) is 1. The molecule has 2 fully saturated rings. The van der Waals surface area contributed by atoms with Gasteiger partial charge in [0, 0.05) is 12.1 Å². The molecular formula is C10H18N2O. The smallest absolute Gasteiger partial charge is 0.237 e. The fraction of sp³-hybridized carbons (Fsp3) is 0.900. The predicted octanol–water partition coefficient (Wildman–Crippen LogP) is 0.749. The van der Waals surface area contributed by atoms with Crippen molar-refractivity contribution in [3.8, 4) is 0 Å². The van der Waals surface area contributed by atoms with Crippen LogP contribution in [-0.2, 0) is 4.79 Å². The Morgan fingerprint density at radius 3 is 2.92 bits per heavy atom. The molecule has 0 radical (unpaired) electrons. The van der Waals surface area contributed by atoms with Crippen LogP contribution in [0, 0.1) is 0 Å². The van der Waals surface area contributed by atoms with Gasteiger partial charge in [0.15, 0.2) is 0 Å². The third-order valence-electron chi connectivity index (χ3n) is 3.28. The van der Waals surface area contributed by atoms with Crippen molar-refractivity contribution < 1.29 is 4.79 Å². The minimum atomic E-state index is 0.150. The highest BCUT2D eigenvalue weighted by Gasteiger charge is 2.41. The van der Waals surface area contributed by atoms with Gasteiger partial charge in [-0.25, -0.2) is 0 Å². The summed E-state index contributed by atoms with van der Waals surface area (Å²) in [5.41, 5.74) is 0.152. The van der Waals surface area contributed by atoms with Gasteiger partial charge in [-0.05, 0) is 33.2 Å². The van der Waals surface area contributed by atoms with Gasteiger partial charge in [-0.15, -0.1) is 0 Å². The molecule has 1 N–H and O–H groups in total. The first-order valence-corrected chi connectivity index (χ1v) is 5.16. The molecule has 1 unspecified atom stereocenters. The Morgan fingerprint density at radius 1 is 1.46 bits per heavy atom. The Hall–Kier alpha value is -0.570. The van der Waals surface area contributed by atoms with E-state index in [0.717, 1.165) is 19.5 Å². The Labute approximate surface area is 79.5 Å². The SMILES string of the molecule is CC1(C)CNC(=O)C2CCCCN21. The van der Waals surface area contributed by atoms with Crippen molar-refractivity contribution in [3.63, 3.8) is 0 Å². The van der Waals surface area contributed by atoms with E-state index in [-0.39, 0.29) is 17.5 Å². The van der Waals surface area contributed by atoms with Crippen molar-refractivity contribution in [2.75, 3.05) is 13.1 Å². The first kappa shape index (κ1) is 9.00. The molecule has 0 saturated carbocycles. The molecule has 0 spiro atoms. The zero-order chi connectivity index (χ0) is 9.47. The standard InChI is InChI=1S/C10H18N2O/c1-10(2)7-11-9(13)8-5-3-4-6-12(8)10/h8H,3-7H2,1-2H3,(H,11,13). The summed E-state index contributed by atoms with van der Waals surface area (Å²) in [6, 6.07) is 0.150. The van der Waals surface area contributed by atoms with E-state index in [4.69, 9.17) is 0 Å². The van der Waals surface area contributed by atoms with Gasteiger partial charge in [0.25, 0.3) is 0 Å². The number of carbonyl (C=O) groups is 1. The van der Waals surface area contributed by atoms with Gasteiger partial charge in [-0.1, -0.05) is 6.42 Å². The van der Waals surface area contributed by atoms with Crippen LogP contribution in [0.15, 0.2) is 0 Å². The molecule has 74 valence electrons. The maximum absolute atomic E-state index is 11.6. The molecule has 2 aliphatic rings. The van der Waals surface area contributed by atoms with E-state index in [1.54, 1.807) is 0 Å². The second kappa shape index (κ2) is 2.98. The van der Waals surface area contributed by atoms with Gasteiger partial charge in [0.2, 0.25) is 5.91 Å². The highest BCUT2D eigenvalue weighted by Crippen LogP contribution is 2.28. The molecule has 1 amide bonds. The summed E-state index contributed by atoms with van der Waals surface area (Å²) in [5.74, 6) is 0.235. The van der Waals surface area contributed by atoms with E-state index in [0.29, 0.717) is 0 Å². The molecule has 3 heteroatoms. The lowest BCUT2D eigenvalue weighted by atomic mass is 9.90. The van der Waals surface area contributed by atoms with Crippen molar-refractivity contribution in [1.29, 1.82) is 0 Å². The third kappa shape index (κ3) is 1.46. The lowest BCUT2D eigenvalue weighted by Gasteiger charge is -2.49. The largest absolute Gasteiger partial charge is 0.353 e. The molecule has 0 aromatic rings. The van der Waals surface area contributed by atoms with E-state index in [9.17, 15) is 4.79 Å². The van der Waals surface area contributed by atoms with Gasteiger partial charge in [-0.2, -0.15) is 0 Å². The number of piperazine rings is 1. The molecule has 0 aliphatic carbocycles. The van der Waals surface area contributed by atoms with Gasteiger partial charge >= 0.3 is 0 Å². The summed E-state index contributed by atoms with van der Waals surface area (Å²) in [5, 5.41) is 2.99. The summed E-state index contributed by atoms with van der Waals surface area (Å²) in [6.45, 7) is 6.31. The number of nitrogens with one attached hydrogen (secondary N) is 1. The molecule has 0 aromatic heterocycles. The van der Waals surface area contributed by atoms with Crippen LogP contribution in [0.4, 0.5) is 0 Å². The monoisotopic (exact) mass is 182 g/mol. The number of hydrogen-bond acceptors (Lipinski definition) is 2. The van der Waals surface area contributed by atoms with Crippen LogP contribution in [0.5, 0.6) is 0 Å². The number of amides is 1. The van der Waals surface area contributed by atoms with Crippen LogP contribution in [0.3, 0.4) is 0 Å². The van der Waals surface area contributed by atoms with E-state index in [1.807, 2.05) is 0 Å². The zero-order valence-corrected chi connectivity index (χ0v) is 8.47. The molecule has 2 heterocycles. The lowest BCUT2D eigenvalue weighted by molar-refractivity contribution is -0.136. The first-order valence-electron chi connectivity index (χ1n) is 5.16.